The second kappa shape index (κ2) is 13.0. The average molecular weight is 531 g/mol. The van der Waals surface area contributed by atoms with Gasteiger partial charge in [-0.15, -0.1) is 0 Å². The molecule has 0 aliphatic carbocycles. The Morgan fingerprint density at radius 1 is 1.11 bits per heavy atom. The number of nitrogens with one attached hydrogen (secondary N) is 1. The van der Waals surface area contributed by atoms with Crippen LogP contribution in [0.5, 0.6) is 5.75 Å². The Kier molecular flexibility index (Phi) is 10.1. The van der Waals surface area contributed by atoms with Gasteiger partial charge in [-0.05, 0) is 44.0 Å². The summed E-state index contributed by atoms with van der Waals surface area (Å²) >= 11 is 0. The largest absolute Gasteiger partial charge is 0.482 e. The lowest BCUT2D eigenvalue weighted by molar-refractivity contribution is -0.125. The van der Waals surface area contributed by atoms with E-state index in [0.717, 1.165) is 19.5 Å². The van der Waals surface area contributed by atoms with Crippen LogP contribution in [-0.4, -0.2) is 74.8 Å². The maximum Gasteiger partial charge on any atom is 0.265 e. The summed E-state index contributed by atoms with van der Waals surface area (Å²) in [6, 6.07) is 15.0. The molecule has 0 aromatic heterocycles. The molecule has 0 saturated carbocycles. The molecule has 2 aromatic rings. The molecule has 202 valence electrons. The van der Waals surface area contributed by atoms with Crippen LogP contribution in [0.15, 0.2) is 53.4 Å². The molecule has 3 rings (SSSR count). The van der Waals surface area contributed by atoms with E-state index < -0.39 is 15.9 Å². The molecule has 1 N–H and O–H groups in total. The van der Waals surface area contributed by atoms with Crippen LogP contribution in [0.3, 0.4) is 0 Å². The van der Waals surface area contributed by atoms with Gasteiger partial charge in [0.25, 0.3) is 5.91 Å². The molecule has 1 aliphatic rings. The van der Waals surface area contributed by atoms with E-state index in [9.17, 15) is 18.0 Å². The monoisotopic (exact) mass is 530 g/mol. The Morgan fingerprint density at radius 3 is 2.46 bits per heavy atom. The van der Waals surface area contributed by atoms with Gasteiger partial charge in [-0.3, -0.25) is 19.4 Å². The molecule has 1 heterocycles. The molecule has 0 radical (unpaired) electrons. The number of carbonyl (C=O) groups excluding carboxylic acids is 2. The first-order chi connectivity index (χ1) is 17.7. The van der Waals surface area contributed by atoms with E-state index in [1.165, 1.54) is 33.0 Å². The van der Waals surface area contributed by atoms with Gasteiger partial charge in [0.15, 0.2) is 6.61 Å². The maximum absolute atomic E-state index is 13.0. The lowest BCUT2D eigenvalue weighted by Crippen LogP contribution is -2.45. The summed E-state index contributed by atoms with van der Waals surface area (Å²) in [6.45, 7) is 10.2. The Balaban J connectivity index is 1.61. The van der Waals surface area contributed by atoms with Crippen molar-refractivity contribution in [2.75, 3.05) is 44.2 Å². The van der Waals surface area contributed by atoms with Crippen LogP contribution in [0.2, 0.25) is 0 Å². The summed E-state index contributed by atoms with van der Waals surface area (Å²) < 4.78 is 32.8. The molecule has 0 unspecified atom stereocenters. The molecule has 37 heavy (non-hydrogen) atoms. The van der Waals surface area contributed by atoms with Crippen LogP contribution in [-0.2, 0) is 26.2 Å². The highest BCUT2D eigenvalue weighted by molar-refractivity contribution is 7.89. The number of rotatable bonds is 13. The van der Waals surface area contributed by atoms with Crippen LogP contribution >= 0.6 is 0 Å². The Hall–Kier alpha value is -2.95. The number of fused-ring (bicyclic) bond motifs is 1. The Bertz CT molecular complexity index is 1170. The van der Waals surface area contributed by atoms with Gasteiger partial charge in [0, 0.05) is 38.8 Å². The summed E-state index contributed by atoms with van der Waals surface area (Å²) in [5.41, 5.74) is 1.53. The van der Waals surface area contributed by atoms with Gasteiger partial charge in [-0.2, -0.15) is 4.31 Å². The minimum atomic E-state index is -3.73. The maximum atomic E-state index is 13.0. The van der Waals surface area contributed by atoms with Crippen LogP contribution in [0, 0.1) is 0 Å². The van der Waals surface area contributed by atoms with Gasteiger partial charge in [0.2, 0.25) is 15.9 Å². The van der Waals surface area contributed by atoms with Crippen molar-refractivity contribution in [3.05, 3.63) is 54.1 Å². The number of benzene rings is 2. The quantitative estimate of drug-likeness (QED) is 0.400. The number of anilines is 1. The molecule has 0 bridgehead atoms. The number of hydrogen-bond donors (Lipinski definition) is 1. The predicted molar refractivity (Wildman–Crippen MR) is 144 cm³/mol. The zero-order valence-corrected chi connectivity index (χ0v) is 23.0. The van der Waals surface area contributed by atoms with Crippen LogP contribution < -0.4 is 15.0 Å². The third-order valence-electron chi connectivity index (χ3n) is 6.42. The zero-order valence-electron chi connectivity index (χ0n) is 22.1. The van der Waals surface area contributed by atoms with Crippen molar-refractivity contribution >= 4 is 27.5 Å². The molecular weight excluding hydrogens is 492 g/mol. The number of amides is 2. The first kappa shape index (κ1) is 28.6. The standard InChI is InChI=1S/C27H38N4O5S/c1-5-30(6-2)37(34,35)23-13-14-25-24(17-23)31(27(33)20-36-25)19-26(32)28-15-10-16-29(21(3)4)18-22-11-8-7-9-12-22/h7-9,11-14,17,21H,5-6,10,15-16,18-20H2,1-4H3,(H,28,32). The van der Waals surface area contributed by atoms with Gasteiger partial charge in [0.1, 0.15) is 12.3 Å². The van der Waals surface area contributed by atoms with E-state index in [2.05, 4.69) is 36.2 Å². The molecule has 0 atom stereocenters. The molecule has 0 spiro atoms. The van der Waals surface area contributed by atoms with Crippen LogP contribution in [0.1, 0.15) is 39.7 Å². The van der Waals surface area contributed by atoms with E-state index in [4.69, 9.17) is 4.74 Å². The Labute approximate surface area is 220 Å². The molecule has 2 amide bonds. The van der Waals surface area contributed by atoms with Crippen molar-refractivity contribution in [2.45, 2.75) is 51.6 Å². The number of carbonyl (C=O) groups is 2. The number of nitrogens with zero attached hydrogens (tertiary/aromatic N) is 3. The number of ether oxygens (including phenoxy) is 1. The van der Waals surface area contributed by atoms with Crippen molar-refractivity contribution in [1.82, 2.24) is 14.5 Å². The highest BCUT2D eigenvalue weighted by Crippen LogP contribution is 2.34. The summed E-state index contributed by atoms with van der Waals surface area (Å²) in [5, 5.41) is 2.89. The molecule has 9 nitrogen and oxygen atoms in total. The first-order valence-electron chi connectivity index (χ1n) is 12.8. The van der Waals surface area contributed by atoms with Crippen molar-refractivity contribution in [1.29, 1.82) is 0 Å². The minimum Gasteiger partial charge on any atom is -0.482 e. The SMILES string of the molecule is CCN(CC)S(=O)(=O)c1ccc2c(c1)N(CC(=O)NCCCN(Cc1ccccc1)C(C)C)C(=O)CO2. The first-order valence-corrected chi connectivity index (χ1v) is 14.2. The second-order valence-corrected chi connectivity index (χ2v) is 11.2. The average Bonchev–Trinajstić information content (AvgIpc) is 2.88. The number of hydrogen-bond acceptors (Lipinski definition) is 6. The van der Waals surface area contributed by atoms with E-state index in [1.807, 2.05) is 18.2 Å². The van der Waals surface area contributed by atoms with Gasteiger partial charge < -0.3 is 10.1 Å². The molecule has 1 aliphatic heterocycles. The predicted octanol–water partition coefficient (Wildman–Crippen LogP) is 2.86. The summed E-state index contributed by atoms with van der Waals surface area (Å²) in [5.74, 6) is -0.328. The normalized spacial score (nSPS) is 13.7. The van der Waals surface area contributed by atoms with E-state index in [-0.39, 0.29) is 29.6 Å². The van der Waals surface area contributed by atoms with Crippen LogP contribution in [0.25, 0.3) is 0 Å². The molecule has 0 saturated heterocycles. The zero-order chi connectivity index (χ0) is 27.0. The van der Waals surface area contributed by atoms with Crippen molar-refractivity contribution in [3.63, 3.8) is 0 Å². The fourth-order valence-electron chi connectivity index (χ4n) is 4.28. The Morgan fingerprint density at radius 2 is 1.81 bits per heavy atom. The third kappa shape index (κ3) is 7.30. The van der Waals surface area contributed by atoms with Gasteiger partial charge in [0.05, 0.1) is 10.6 Å². The topological polar surface area (TPSA) is 99.3 Å². The van der Waals surface area contributed by atoms with E-state index in [1.54, 1.807) is 13.8 Å². The minimum absolute atomic E-state index is 0.0610. The lowest BCUT2D eigenvalue weighted by Gasteiger charge is -2.30. The summed E-state index contributed by atoms with van der Waals surface area (Å²) in [7, 11) is -3.73. The van der Waals surface area contributed by atoms with Crippen molar-refractivity contribution < 1.29 is 22.7 Å². The molecule has 0 fully saturated rings. The smallest absolute Gasteiger partial charge is 0.265 e. The second-order valence-electron chi connectivity index (χ2n) is 9.24. The summed E-state index contributed by atoms with van der Waals surface area (Å²) in [6.07, 6.45) is 0.761. The molecule has 10 heteroatoms. The number of sulfonamides is 1. The fraction of sp³-hybridized carbons (Fsp3) is 0.481. The highest BCUT2D eigenvalue weighted by Gasteiger charge is 2.30. The van der Waals surface area contributed by atoms with Crippen molar-refractivity contribution in [3.8, 4) is 5.75 Å². The van der Waals surface area contributed by atoms with Gasteiger partial charge >= 0.3 is 0 Å². The fourth-order valence-corrected chi connectivity index (χ4v) is 5.75. The van der Waals surface area contributed by atoms with Crippen molar-refractivity contribution in [2.24, 2.45) is 0 Å². The highest BCUT2D eigenvalue weighted by atomic mass is 32.2. The van der Waals surface area contributed by atoms with Gasteiger partial charge in [-0.1, -0.05) is 44.2 Å². The van der Waals surface area contributed by atoms with E-state index in [0.29, 0.717) is 31.4 Å². The van der Waals surface area contributed by atoms with Crippen LogP contribution in [0.4, 0.5) is 5.69 Å². The third-order valence-corrected chi connectivity index (χ3v) is 8.47. The molecular formula is C27H38N4O5S. The molecule has 2 aromatic carbocycles. The summed E-state index contributed by atoms with van der Waals surface area (Å²) in [4.78, 5) is 29.1. The lowest BCUT2D eigenvalue weighted by atomic mass is 10.2. The van der Waals surface area contributed by atoms with Gasteiger partial charge in [-0.25, -0.2) is 8.42 Å². The van der Waals surface area contributed by atoms with E-state index >= 15 is 0 Å².